The number of rotatable bonds is 2. The van der Waals surface area contributed by atoms with Crippen molar-refractivity contribution in [1.29, 1.82) is 0 Å². The molecule has 0 amide bonds. The van der Waals surface area contributed by atoms with Crippen LogP contribution in [-0.2, 0) is 10.4 Å². The molecular formula is C10H20N2O4S. The van der Waals surface area contributed by atoms with E-state index in [4.69, 9.17) is 23.3 Å². The first-order valence-electron chi connectivity index (χ1n) is 5.02. The summed E-state index contributed by atoms with van der Waals surface area (Å²) in [5.41, 5.74) is 6.18. The Hall–Kier alpha value is -1.15. The van der Waals surface area contributed by atoms with Gasteiger partial charge in [0.2, 0.25) is 0 Å². The molecule has 0 saturated carbocycles. The van der Waals surface area contributed by atoms with Crippen molar-refractivity contribution in [3.05, 3.63) is 30.3 Å². The SMILES string of the molecule is CCNCC.Nc1ccccc1.O=S(=O)(O)O. The summed E-state index contributed by atoms with van der Waals surface area (Å²) in [5.74, 6) is 0. The van der Waals surface area contributed by atoms with Gasteiger partial charge in [0.05, 0.1) is 0 Å². The predicted octanol–water partition coefficient (Wildman–Crippen LogP) is 1.23. The van der Waals surface area contributed by atoms with Gasteiger partial charge in [0, 0.05) is 5.69 Å². The summed E-state index contributed by atoms with van der Waals surface area (Å²) in [5, 5.41) is 3.11. The zero-order chi connectivity index (χ0) is 13.7. The molecule has 0 heterocycles. The van der Waals surface area contributed by atoms with Crippen LogP contribution >= 0.6 is 0 Å². The topological polar surface area (TPSA) is 113 Å². The molecule has 0 radical (unpaired) electrons. The van der Waals surface area contributed by atoms with Crippen LogP contribution in [0.15, 0.2) is 30.3 Å². The Balaban J connectivity index is 0. The van der Waals surface area contributed by atoms with Gasteiger partial charge in [0.15, 0.2) is 0 Å². The fourth-order valence-corrected chi connectivity index (χ4v) is 0.703. The van der Waals surface area contributed by atoms with Crippen LogP contribution in [0, 0.1) is 0 Å². The molecule has 100 valence electrons. The van der Waals surface area contributed by atoms with Crippen molar-refractivity contribution < 1.29 is 17.5 Å². The Labute approximate surface area is 102 Å². The second-order valence-electron chi connectivity index (χ2n) is 2.82. The van der Waals surface area contributed by atoms with Crippen LogP contribution in [0.3, 0.4) is 0 Å². The van der Waals surface area contributed by atoms with Gasteiger partial charge in [-0.3, -0.25) is 9.11 Å². The second kappa shape index (κ2) is 11.3. The lowest BCUT2D eigenvalue weighted by atomic mass is 10.3. The van der Waals surface area contributed by atoms with Crippen LogP contribution < -0.4 is 11.1 Å². The minimum absolute atomic E-state index is 0.822. The minimum atomic E-state index is -4.67. The Bertz CT molecular complexity index is 344. The second-order valence-corrected chi connectivity index (χ2v) is 3.71. The van der Waals surface area contributed by atoms with Gasteiger partial charge in [0.25, 0.3) is 0 Å². The van der Waals surface area contributed by atoms with Crippen molar-refractivity contribution in [3.8, 4) is 0 Å². The zero-order valence-electron chi connectivity index (χ0n) is 10.00. The van der Waals surface area contributed by atoms with Gasteiger partial charge >= 0.3 is 10.4 Å². The highest BCUT2D eigenvalue weighted by molar-refractivity contribution is 7.79. The molecule has 0 saturated heterocycles. The van der Waals surface area contributed by atoms with E-state index in [0.29, 0.717) is 0 Å². The minimum Gasteiger partial charge on any atom is -0.399 e. The van der Waals surface area contributed by atoms with Crippen molar-refractivity contribution in [2.75, 3.05) is 18.8 Å². The van der Waals surface area contributed by atoms with Crippen LogP contribution in [-0.4, -0.2) is 30.6 Å². The molecule has 0 aliphatic heterocycles. The molecular weight excluding hydrogens is 244 g/mol. The molecule has 0 bridgehead atoms. The zero-order valence-corrected chi connectivity index (χ0v) is 10.8. The lowest BCUT2D eigenvalue weighted by Gasteiger charge is -1.86. The smallest absolute Gasteiger partial charge is 0.394 e. The molecule has 0 atom stereocenters. The van der Waals surface area contributed by atoms with E-state index in [2.05, 4.69) is 19.2 Å². The first kappa shape index (κ1) is 18.2. The van der Waals surface area contributed by atoms with Crippen LogP contribution in [0.1, 0.15) is 13.8 Å². The van der Waals surface area contributed by atoms with Crippen LogP contribution in [0.5, 0.6) is 0 Å². The molecule has 1 aromatic rings. The summed E-state index contributed by atoms with van der Waals surface area (Å²) < 4.78 is 31.6. The van der Waals surface area contributed by atoms with E-state index >= 15 is 0 Å². The third-order valence-electron chi connectivity index (χ3n) is 1.30. The maximum atomic E-state index is 8.74. The Morgan fingerprint density at radius 1 is 1.12 bits per heavy atom. The summed E-state index contributed by atoms with van der Waals surface area (Å²) in [6.45, 7) is 6.39. The Kier molecular flexibility index (Phi) is 12.2. The molecule has 1 rings (SSSR count). The number of nitrogens with two attached hydrogens (primary N) is 1. The molecule has 0 unspecified atom stereocenters. The number of nitrogen functional groups attached to an aromatic ring is 1. The van der Waals surface area contributed by atoms with E-state index in [1.807, 2.05) is 30.3 Å². The monoisotopic (exact) mass is 264 g/mol. The number of anilines is 1. The Morgan fingerprint density at radius 2 is 1.47 bits per heavy atom. The van der Waals surface area contributed by atoms with E-state index in [-0.39, 0.29) is 0 Å². The number of hydrogen-bond acceptors (Lipinski definition) is 4. The maximum absolute atomic E-state index is 8.74. The molecule has 17 heavy (non-hydrogen) atoms. The summed E-state index contributed by atoms with van der Waals surface area (Å²) in [6, 6.07) is 9.49. The number of nitrogens with one attached hydrogen (secondary N) is 1. The van der Waals surface area contributed by atoms with Crippen LogP contribution in [0.4, 0.5) is 5.69 Å². The average Bonchev–Trinajstić information content (AvgIpc) is 2.18. The van der Waals surface area contributed by atoms with Gasteiger partial charge in [-0.15, -0.1) is 0 Å². The van der Waals surface area contributed by atoms with Crippen molar-refractivity contribution in [2.45, 2.75) is 13.8 Å². The van der Waals surface area contributed by atoms with Crippen LogP contribution in [0.2, 0.25) is 0 Å². The van der Waals surface area contributed by atoms with E-state index in [1.54, 1.807) is 0 Å². The molecule has 0 spiro atoms. The maximum Gasteiger partial charge on any atom is 0.394 e. The quantitative estimate of drug-likeness (QED) is 0.472. The van der Waals surface area contributed by atoms with E-state index in [9.17, 15) is 0 Å². The molecule has 0 aliphatic rings. The number of para-hydroxylation sites is 1. The number of benzene rings is 1. The molecule has 0 fully saturated rings. The van der Waals surface area contributed by atoms with E-state index < -0.39 is 10.4 Å². The first-order valence-corrected chi connectivity index (χ1v) is 6.42. The van der Waals surface area contributed by atoms with Gasteiger partial charge < -0.3 is 11.1 Å². The van der Waals surface area contributed by atoms with Crippen LogP contribution in [0.25, 0.3) is 0 Å². The van der Waals surface area contributed by atoms with Crippen molar-refractivity contribution in [1.82, 2.24) is 5.32 Å². The summed E-state index contributed by atoms with van der Waals surface area (Å²) in [6.07, 6.45) is 0. The lowest BCUT2D eigenvalue weighted by Crippen LogP contribution is -2.09. The largest absolute Gasteiger partial charge is 0.399 e. The van der Waals surface area contributed by atoms with Crippen molar-refractivity contribution >= 4 is 16.1 Å². The van der Waals surface area contributed by atoms with E-state index in [1.165, 1.54) is 0 Å². The number of hydrogen-bond donors (Lipinski definition) is 4. The molecule has 0 aliphatic carbocycles. The van der Waals surface area contributed by atoms with Gasteiger partial charge in [-0.25, -0.2) is 0 Å². The third kappa shape index (κ3) is 31.3. The van der Waals surface area contributed by atoms with Gasteiger partial charge in [-0.2, -0.15) is 8.42 Å². The summed E-state index contributed by atoms with van der Waals surface area (Å²) >= 11 is 0. The van der Waals surface area contributed by atoms with Gasteiger partial charge in [0.1, 0.15) is 0 Å². The summed E-state index contributed by atoms with van der Waals surface area (Å²) in [4.78, 5) is 0. The fourth-order valence-electron chi connectivity index (χ4n) is 0.703. The van der Waals surface area contributed by atoms with Crippen molar-refractivity contribution in [3.63, 3.8) is 0 Å². The highest BCUT2D eigenvalue weighted by Gasteiger charge is 1.84. The normalized spacial score (nSPS) is 9.41. The Morgan fingerprint density at radius 3 is 1.59 bits per heavy atom. The highest BCUT2D eigenvalue weighted by atomic mass is 32.3. The highest BCUT2D eigenvalue weighted by Crippen LogP contribution is 1.95. The van der Waals surface area contributed by atoms with Gasteiger partial charge in [-0.05, 0) is 25.2 Å². The molecule has 7 heteroatoms. The lowest BCUT2D eigenvalue weighted by molar-refractivity contribution is 0.381. The molecule has 6 nitrogen and oxygen atoms in total. The fraction of sp³-hybridized carbons (Fsp3) is 0.400. The molecule has 5 N–H and O–H groups in total. The molecule has 0 aromatic heterocycles. The third-order valence-corrected chi connectivity index (χ3v) is 1.30. The standard InChI is InChI=1S/C6H7N.C4H11N.H2O4S/c7-6-4-2-1-3-5-6;1-3-5-4-2;1-5(2,3)4/h1-5H,7H2;5H,3-4H2,1-2H3;(H2,1,2,3,4). The van der Waals surface area contributed by atoms with Crippen molar-refractivity contribution in [2.24, 2.45) is 0 Å². The predicted molar refractivity (Wildman–Crippen MR) is 69.2 cm³/mol. The summed E-state index contributed by atoms with van der Waals surface area (Å²) in [7, 11) is -4.67. The average molecular weight is 264 g/mol. The first-order chi connectivity index (χ1) is 7.81. The van der Waals surface area contributed by atoms with E-state index in [0.717, 1.165) is 18.8 Å². The molecule has 1 aromatic carbocycles. The van der Waals surface area contributed by atoms with Gasteiger partial charge in [-0.1, -0.05) is 32.0 Å².